The van der Waals surface area contributed by atoms with E-state index in [-0.39, 0.29) is 18.3 Å². The van der Waals surface area contributed by atoms with Gasteiger partial charge < -0.3 is 9.64 Å². The van der Waals surface area contributed by atoms with Gasteiger partial charge in [0.15, 0.2) is 5.13 Å². The van der Waals surface area contributed by atoms with E-state index >= 15 is 0 Å². The van der Waals surface area contributed by atoms with E-state index in [0.29, 0.717) is 17.9 Å². The van der Waals surface area contributed by atoms with Crippen LogP contribution in [0.3, 0.4) is 0 Å². The molecule has 0 bridgehead atoms. The van der Waals surface area contributed by atoms with E-state index in [9.17, 15) is 4.79 Å². The standard InChI is InChI=1S/C27H29N3O2S.ClH/c1-4-29(5-2)17-18-30(27-28-25-20(3)11-9-16-24(25)33-27)26(31)21-12-10-15-23(19-21)32-22-13-7-6-8-14-22;/h6-16,19H,4-5,17-18H2,1-3H3;1H. The molecule has 4 rings (SSSR count). The van der Waals surface area contributed by atoms with Crippen LogP contribution in [0, 0.1) is 6.92 Å². The lowest BCUT2D eigenvalue weighted by Crippen LogP contribution is -2.38. The molecule has 3 aromatic carbocycles. The molecule has 1 amide bonds. The number of halogens is 1. The zero-order valence-corrected chi connectivity index (χ0v) is 21.4. The van der Waals surface area contributed by atoms with Crippen LogP contribution in [-0.4, -0.2) is 42.0 Å². The van der Waals surface area contributed by atoms with Crippen molar-refractivity contribution < 1.29 is 9.53 Å². The summed E-state index contributed by atoms with van der Waals surface area (Å²) >= 11 is 1.56. The summed E-state index contributed by atoms with van der Waals surface area (Å²) in [6.07, 6.45) is 0. The van der Waals surface area contributed by atoms with Crippen LogP contribution in [0.2, 0.25) is 0 Å². The van der Waals surface area contributed by atoms with Crippen LogP contribution in [-0.2, 0) is 0 Å². The Morgan fingerprint density at radius 1 is 0.912 bits per heavy atom. The number of thiazole rings is 1. The summed E-state index contributed by atoms with van der Waals surface area (Å²) in [7, 11) is 0. The van der Waals surface area contributed by atoms with Gasteiger partial charge in [-0.3, -0.25) is 9.69 Å². The molecule has 0 aliphatic heterocycles. The van der Waals surface area contributed by atoms with Crippen molar-refractivity contribution in [1.29, 1.82) is 0 Å². The number of carbonyl (C=O) groups excluding carboxylic acids is 1. The average Bonchev–Trinajstić information content (AvgIpc) is 3.28. The number of fused-ring (bicyclic) bond motifs is 1. The number of carbonyl (C=O) groups is 1. The molecule has 0 fully saturated rings. The SMILES string of the molecule is CCN(CC)CCN(C(=O)c1cccc(Oc2ccccc2)c1)c1nc2c(C)cccc2s1.Cl. The maximum Gasteiger partial charge on any atom is 0.260 e. The maximum absolute atomic E-state index is 13.7. The number of hydrogen-bond donors (Lipinski definition) is 0. The van der Waals surface area contributed by atoms with Crippen LogP contribution >= 0.6 is 23.7 Å². The Bertz CT molecular complexity index is 1230. The lowest BCUT2D eigenvalue weighted by molar-refractivity contribution is 0.0983. The highest BCUT2D eigenvalue weighted by atomic mass is 35.5. The first kappa shape index (κ1) is 25.7. The average molecular weight is 496 g/mol. The van der Waals surface area contributed by atoms with Crippen LogP contribution in [0.4, 0.5) is 5.13 Å². The summed E-state index contributed by atoms with van der Waals surface area (Å²) in [4.78, 5) is 22.7. The molecule has 0 spiro atoms. The van der Waals surface area contributed by atoms with E-state index in [1.165, 1.54) is 0 Å². The van der Waals surface area contributed by atoms with Gasteiger partial charge in [0.05, 0.1) is 10.2 Å². The van der Waals surface area contributed by atoms with E-state index in [0.717, 1.165) is 46.3 Å². The molecule has 178 valence electrons. The van der Waals surface area contributed by atoms with Gasteiger partial charge in [0, 0.05) is 18.7 Å². The van der Waals surface area contributed by atoms with E-state index in [4.69, 9.17) is 9.72 Å². The Kier molecular flexibility index (Phi) is 9.05. The molecule has 0 N–H and O–H groups in total. The molecule has 7 heteroatoms. The number of hydrogen-bond acceptors (Lipinski definition) is 5. The van der Waals surface area contributed by atoms with Crippen LogP contribution in [0.1, 0.15) is 29.8 Å². The number of benzene rings is 3. The zero-order chi connectivity index (χ0) is 23.2. The Labute approximate surface area is 211 Å². The number of ether oxygens (including phenoxy) is 1. The van der Waals surface area contributed by atoms with Gasteiger partial charge in [-0.1, -0.05) is 61.6 Å². The Morgan fingerprint density at radius 2 is 1.62 bits per heavy atom. The van der Waals surface area contributed by atoms with Crippen LogP contribution in [0.15, 0.2) is 72.8 Å². The predicted octanol–water partition coefficient (Wildman–Crippen LogP) is 6.81. The smallest absolute Gasteiger partial charge is 0.260 e. The highest BCUT2D eigenvalue weighted by Gasteiger charge is 2.22. The quantitative estimate of drug-likeness (QED) is 0.256. The molecular formula is C27H30ClN3O2S. The highest BCUT2D eigenvalue weighted by molar-refractivity contribution is 7.22. The first-order chi connectivity index (χ1) is 16.1. The summed E-state index contributed by atoms with van der Waals surface area (Å²) in [6, 6.07) is 23.1. The number of amides is 1. The minimum Gasteiger partial charge on any atom is -0.457 e. The molecule has 5 nitrogen and oxygen atoms in total. The van der Waals surface area contributed by atoms with Gasteiger partial charge in [0.1, 0.15) is 11.5 Å². The van der Waals surface area contributed by atoms with Gasteiger partial charge >= 0.3 is 0 Å². The number of rotatable bonds is 9. The first-order valence-corrected chi connectivity index (χ1v) is 12.1. The predicted molar refractivity (Wildman–Crippen MR) is 144 cm³/mol. The largest absolute Gasteiger partial charge is 0.457 e. The Hall–Kier alpha value is -2.93. The molecule has 4 aromatic rings. The van der Waals surface area contributed by atoms with Gasteiger partial charge in [-0.05, 0) is 62.0 Å². The van der Waals surface area contributed by atoms with E-state index in [1.54, 1.807) is 17.4 Å². The summed E-state index contributed by atoms with van der Waals surface area (Å²) in [6.45, 7) is 9.58. The van der Waals surface area contributed by atoms with Crippen molar-refractivity contribution in [2.75, 3.05) is 31.1 Å². The number of para-hydroxylation sites is 2. The van der Waals surface area contributed by atoms with Crippen molar-refractivity contribution in [2.24, 2.45) is 0 Å². The van der Waals surface area contributed by atoms with Crippen molar-refractivity contribution in [3.05, 3.63) is 83.9 Å². The number of nitrogens with zero attached hydrogens (tertiary/aromatic N) is 3. The molecule has 0 unspecified atom stereocenters. The third-order valence-electron chi connectivity index (χ3n) is 5.68. The monoisotopic (exact) mass is 495 g/mol. The molecule has 0 radical (unpaired) electrons. The third kappa shape index (κ3) is 5.95. The second kappa shape index (κ2) is 12.0. The second-order valence-electron chi connectivity index (χ2n) is 7.84. The summed E-state index contributed by atoms with van der Waals surface area (Å²) in [5.41, 5.74) is 2.66. The third-order valence-corrected chi connectivity index (χ3v) is 6.72. The fraction of sp³-hybridized carbons (Fsp3) is 0.259. The fourth-order valence-electron chi connectivity index (χ4n) is 3.73. The van der Waals surface area contributed by atoms with Crippen LogP contribution < -0.4 is 9.64 Å². The van der Waals surface area contributed by atoms with E-state index in [2.05, 4.69) is 37.8 Å². The highest BCUT2D eigenvalue weighted by Crippen LogP contribution is 2.32. The van der Waals surface area contributed by atoms with Crippen molar-refractivity contribution in [1.82, 2.24) is 9.88 Å². The lowest BCUT2D eigenvalue weighted by Gasteiger charge is -2.25. The Balaban J connectivity index is 0.00000324. The summed E-state index contributed by atoms with van der Waals surface area (Å²) in [5.74, 6) is 1.30. The van der Waals surface area contributed by atoms with E-state index < -0.39 is 0 Å². The summed E-state index contributed by atoms with van der Waals surface area (Å²) < 4.78 is 7.05. The molecule has 0 aliphatic rings. The number of anilines is 1. The maximum atomic E-state index is 13.7. The van der Waals surface area contributed by atoms with Gasteiger partial charge in [0.2, 0.25) is 0 Å². The van der Waals surface area contributed by atoms with Gasteiger partial charge in [-0.25, -0.2) is 4.98 Å². The normalized spacial score (nSPS) is 10.8. The van der Waals surface area contributed by atoms with E-state index in [1.807, 2.05) is 59.5 Å². The minimum absolute atomic E-state index is 0. The molecule has 0 saturated heterocycles. The molecule has 34 heavy (non-hydrogen) atoms. The topological polar surface area (TPSA) is 45.7 Å². The molecule has 0 aliphatic carbocycles. The second-order valence-corrected chi connectivity index (χ2v) is 8.85. The summed E-state index contributed by atoms with van der Waals surface area (Å²) in [5, 5.41) is 0.728. The molecular weight excluding hydrogens is 466 g/mol. The van der Waals surface area contributed by atoms with Gasteiger partial charge in [-0.15, -0.1) is 12.4 Å². The molecule has 1 aromatic heterocycles. The zero-order valence-electron chi connectivity index (χ0n) is 19.7. The van der Waals surface area contributed by atoms with Crippen LogP contribution in [0.5, 0.6) is 11.5 Å². The first-order valence-electron chi connectivity index (χ1n) is 11.3. The van der Waals surface area contributed by atoms with Crippen molar-refractivity contribution in [3.8, 4) is 11.5 Å². The fourth-order valence-corrected chi connectivity index (χ4v) is 4.80. The van der Waals surface area contributed by atoms with Gasteiger partial charge in [-0.2, -0.15) is 0 Å². The Morgan fingerprint density at radius 3 is 2.32 bits per heavy atom. The van der Waals surface area contributed by atoms with Crippen molar-refractivity contribution in [3.63, 3.8) is 0 Å². The van der Waals surface area contributed by atoms with Crippen LogP contribution in [0.25, 0.3) is 10.2 Å². The lowest BCUT2D eigenvalue weighted by atomic mass is 10.2. The van der Waals surface area contributed by atoms with Gasteiger partial charge in [0.25, 0.3) is 5.91 Å². The number of aryl methyl sites for hydroxylation is 1. The molecule has 0 saturated carbocycles. The number of likely N-dealkylation sites (N-methyl/N-ethyl adjacent to an activating group) is 1. The molecule has 0 atom stereocenters. The molecule has 1 heterocycles. The number of aromatic nitrogens is 1. The van der Waals surface area contributed by atoms with Crippen molar-refractivity contribution >= 4 is 45.0 Å². The van der Waals surface area contributed by atoms with Crippen molar-refractivity contribution in [2.45, 2.75) is 20.8 Å². The minimum atomic E-state index is -0.0719.